The Labute approximate surface area is 226 Å². The molecule has 3 aromatic rings. The summed E-state index contributed by atoms with van der Waals surface area (Å²) in [5, 5.41) is 17.8. The lowest BCUT2D eigenvalue weighted by Crippen LogP contribution is -2.23. The second-order valence-electron chi connectivity index (χ2n) is 9.18. The highest BCUT2D eigenvalue weighted by Gasteiger charge is 2.28. The van der Waals surface area contributed by atoms with Gasteiger partial charge in [-0.15, -0.1) is 0 Å². The molecule has 3 N–H and O–H groups in total. The maximum absolute atomic E-state index is 10.4. The number of hydrogen-bond acceptors (Lipinski definition) is 7. The summed E-state index contributed by atoms with van der Waals surface area (Å²) in [7, 11) is 3.08. The summed E-state index contributed by atoms with van der Waals surface area (Å²) in [4.78, 5) is 4.67. The van der Waals surface area contributed by atoms with Crippen molar-refractivity contribution in [3.05, 3.63) is 77.4 Å². The molecule has 0 aliphatic carbocycles. The van der Waals surface area contributed by atoms with E-state index in [4.69, 9.17) is 9.47 Å². The summed E-state index contributed by atoms with van der Waals surface area (Å²) in [5.74, 6) is 0.722. The fourth-order valence-corrected chi connectivity index (χ4v) is 5.03. The van der Waals surface area contributed by atoms with Crippen molar-refractivity contribution in [3.8, 4) is 17.2 Å². The standard InChI is InChI=1S/C31H40N4O3/c1-7-34(8-2)24-15-11-21(12-16-24)28-29(22-13-17-25(18-14-22)35(9-3)10-4)33-31(32-28)23-19-26(37-5)30(36)27(20-23)38-6/h11-20,31-33,36H,7-10H2,1-6H3. The molecule has 0 amide bonds. The molecular weight excluding hydrogens is 476 g/mol. The van der Waals surface area contributed by atoms with Crippen LogP contribution in [0.15, 0.2) is 60.7 Å². The van der Waals surface area contributed by atoms with E-state index < -0.39 is 0 Å². The Hall–Kier alpha value is -4.00. The number of hydrogen-bond donors (Lipinski definition) is 3. The van der Waals surface area contributed by atoms with Crippen LogP contribution in [0.3, 0.4) is 0 Å². The molecule has 0 bridgehead atoms. The Balaban J connectivity index is 1.75. The van der Waals surface area contributed by atoms with E-state index in [1.54, 1.807) is 0 Å². The number of nitrogens with zero attached hydrogens (tertiary/aromatic N) is 2. The summed E-state index contributed by atoms with van der Waals surface area (Å²) in [6.45, 7) is 12.6. The fraction of sp³-hybridized carbons (Fsp3) is 0.355. The molecule has 3 aromatic carbocycles. The second kappa shape index (κ2) is 12.0. The van der Waals surface area contributed by atoms with Gasteiger partial charge in [-0.2, -0.15) is 0 Å². The van der Waals surface area contributed by atoms with E-state index in [1.807, 2.05) is 12.1 Å². The maximum atomic E-state index is 10.4. The van der Waals surface area contributed by atoms with Crippen LogP contribution in [0.25, 0.3) is 11.4 Å². The number of methoxy groups -OCH3 is 2. The van der Waals surface area contributed by atoms with Crippen LogP contribution in [0.1, 0.15) is 50.6 Å². The smallest absolute Gasteiger partial charge is 0.200 e. The average molecular weight is 517 g/mol. The van der Waals surface area contributed by atoms with Gasteiger partial charge in [0.15, 0.2) is 11.5 Å². The van der Waals surface area contributed by atoms with Crippen LogP contribution in [0.5, 0.6) is 17.2 Å². The lowest BCUT2D eigenvalue weighted by molar-refractivity contribution is 0.338. The van der Waals surface area contributed by atoms with Crippen molar-refractivity contribution in [2.45, 2.75) is 33.9 Å². The van der Waals surface area contributed by atoms with Crippen molar-refractivity contribution < 1.29 is 14.6 Å². The van der Waals surface area contributed by atoms with E-state index in [2.05, 4.69) is 96.7 Å². The molecule has 0 atom stereocenters. The van der Waals surface area contributed by atoms with Crippen LogP contribution < -0.4 is 29.9 Å². The number of ether oxygens (including phenoxy) is 2. The Morgan fingerprint density at radius 3 is 1.34 bits per heavy atom. The van der Waals surface area contributed by atoms with Crippen LogP contribution in [0.4, 0.5) is 11.4 Å². The molecule has 0 aromatic heterocycles. The van der Waals surface area contributed by atoms with Gasteiger partial charge in [-0.05, 0) is 75.2 Å². The molecule has 0 saturated heterocycles. The number of phenolic OH excluding ortho intramolecular Hbond substituents is 1. The molecule has 202 valence electrons. The third kappa shape index (κ3) is 5.32. The molecule has 7 heteroatoms. The molecular formula is C31H40N4O3. The van der Waals surface area contributed by atoms with E-state index in [9.17, 15) is 5.11 Å². The molecule has 7 nitrogen and oxygen atoms in total. The van der Waals surface area contributed by atoms with Gasteiger partial charge >= 0.3 is 0 Å². The summed E-state index contributed by atoms with van der Waals surface area (Å²) < 4.78 is 10.8. The minimum Gasteiger partial charge on any atom is -0.502 e. The number of aromatic hydroxyl groups is 1. The van der Waals surface area contributed by atoms with E-state index in [1.165, 1.54) is 25.6 Å². The number of rotatable bonds is 11. The van der Waals surface area contributed by atoms with Gasteiger partial charge in [0.1, 0.15) is 6.17 Å². The third-order valence-electron chi connectivity index (χ3n) is 7.23. The van der Waals surface area contributed by atoms with E-state index in [-0.39, 0.29) is 11.9 Å². The van der Waals surface area contributed by atoms with Crippen LogP contribution in [-0.2, 0) is 0 Å². The summed E-state index contributed by atoms with van der Waals surface area (Å²) >= 11 is 0. The number of nitrogens with one attached hydrogen (secondary N) is 2. The van der Waals surface area contributed by atoms with Crippen LogP contribution in [0, 0.1) is 0 Å². The highest BCUT2D eigenvalue weighted by atomic mass is 16.5. The summed E-state index contributed by atoms with van der Waals surface area (Å²) in [6, 6.07) is 21.0. The lowest BCUT2D eigenvalue weighted by Gasteiger charge is -2.21. The summed E-state index contributed by atoms with van der Waals surface area (Å²) in [6.07, 6.45) is -0.242. The van der Waals surface area contributed by atoms with Crippen molar-refractivity contribution in [3.63, 3.8) is 0 Å². The Bertz CT molecular complexity index is 1150. The van der Waals surface area contributed by atoms with Gasteiger partial charge in [0.2, 0.25) is 5.75 Å². The Morgan fingerprint density at radius 1 is 0.658 bits per heavy atom. The first-order valence-electron chi connectivity index (χ1n) is 13.4. The molecule has 1 aliphatic heterocycles. The third-order valence-corrected chi connectivity index (χ3v) is 7.23. The molecule has 4 rings (SSSR count). The predicted molar refractivity (Wildman–Crippen MR) is 157 cm³/mol. The quantitative estimate of drug-likeness (QED) is 0.297. The van der Waals surface area contributed by atoms with Gasteiger partial charge < -0.3 is 35.0 Å². The Morgan fingerprint density at radius 2 is 1.03 bits per heavy atom. The Kier molecular flexibility index (Phi) is 8.56. The van der Waals surface area contributed by atoms with Gasteiger partial charge in [0, 0.05) is 43.1 Å². The van der Waals surface area contributed by atoms with Gasteiger partial charge in [-0.25, -0.2) is 0 Å². The predicted octanol–water partition coefficient (Wildman–Crippen LogP) is 5.82. The number of phenols is 1. The van der Waals surface area contributed by atoms with Gasteiger partial charge in [-0.3, -0.25) is 0 Å². The lowest BCUT2D eigenvalue weighted by atomic mass is 10.0. The van der Waals surface area contributed by atoms with Gasteiger partial charge in [-0.1, -0.05) is 24.3 Å². The first-order valence-corrected chi connectivity index (χ1v) is 13.4. The zero-order chi connectivity index (χ0) is 27.2. The maximum Gasteiger partial charge on any atom is 0.200 e. The van der Waals surface area contributed by atoms with Crippen molar-refractivity contribution in [1.82, 2.24) is 10.6 Å². The van der Waals surface area contributed by atoms with E-state index >= 15 is 0 Å². The highest BCUT2D eigenvalue weighted by Crippen LogP contribution is 2.41. The van der Waals surface area contributed by atoms with Crippen molar-refractivity contribution >= 4 is 22.8 Å². The number of anilines is 2. The molecule has 38 heavy (non-hydrogen) atoms. The van der Waals surface area contributed by atoms with E-state index in [0.29, 0.717) is 11.5 Å². The van der Waals surface area contributed by atoms with Gasteiger partial charge in [0.05, 0.1) is 25.6 Å². The fourth-order valence-electron chi connectivity index (χ4n) is 5.03. The largest absolute Gasteiger partial charge is 0.502 e. The van der Waals surface area contributed by atoms with Crippen LogP contribution in [0.2, 0.25) is 0 Å². The SMILES string of the molecule is CCN(CC)c1ccc(C2=C(c3ccc(N(CC)CC)cc3)NC(c3cc(OC)c(O)c(OC)c3)N2)cc1. The van der Waals surface area contributed by atoms with Crippen LogP contribution in [-0.4, -0.2) is 45.5 Å². The summed E-state index contributed by atoms with van der Waals surface area (Å²) in [5.41, 5.74) is 7.53. The molecule has 0 spiro atoms. The molecule has 0 radical (unpaired) electrons. The molecule has 0 saturated carbocycles. The monoisotopic (exact) mass is 516 g/mol. The van der Waals surface area contributed by atoms with E-state index in [0.717, 1.165) is 54.3 Å². The zero-order valence-electron chi connectivity index (χ0n) is 23.3. The van der Waals surface area contributed by atoms with Crippen molar-refractivity contribution in [1.29, 1.82) is 0 Å². The molecule has 0 fully saturated rings. The zero-order valence-corrected chi connectivity index (χ0v) is 23.3. The molecule has 1 aliphatic rings. The molecule has 1 heterocycles. The van der Waals surface area contributed by atoms with Crippen LogP contribution >= 0.6 is 0 Å². The van der Waals surface area contributed by atoms with Crippen molar-refractivity contribution in [2.24, 2.45) is 0 Å². The van der Waals surface area contributed by atoms with Gasteiger partial charge in [0.25, 0.3) is 0 Å². The molecule has 0 unspecified atom stereocenters. The second-order valence-corrected chi connectivity index (χ2v) is 9.18. The number of benzene rings is 3. The highest BCUT2D eigenvalue weighted by molar-refractivity contribution is 5.92. The average Bonchev–Trinajstić information content (AvgIpc) is 3.41. The normalized spacial score (nSPS) is 13.2. The van der Waals surface area contributed by atoms with Crippen molar-refractivity contribution in [2.75, 3.05) is 50.2 Å². The topological polar surface area (TPSA) is 69.2 Å². The minimum atomic E-state index is -0.242. The minimum absolute atomic E-state index is 0.0101. The first-order chi connectivity index (χ1) is 18.5. The first kappa shape index (κ1) is 27.0.